The summed E-state index contributed by atoms with van der Waals surface area (Å²) in [4.78, 5) is 4.56. The van der Waals surface area contributed by atoms with E-state index in [1.165, 1.54) is 0 Å². The van der Waals surface area contributed by atoms with E-state index in [-0.39, 0.29) is 11.4 Å². The van der Waals surface area contributed by atoms with Gasteiger partial charge in [0.2, 0.25) is 5.82 Å². The summed E-state index contributed by atoms with van der Waals surface area (Å²) in [6.45, 7) is 4.54. The Balaban J connectivity index is 1.95. The molecule has 5 heteroatoms. The van der Waals surface area contributed by atoms with Crippen LogP contribution < -0.4 is 0 Å². The molecule has 5 nitrogen and oxygen atoms in total. The van der Waals surface area contributed by atoms with Gasteiger partial charge in [0.25, 0.3) is 5.89 Å². The van der Waals surface area contributed by atoms with Crippen LogP contribution in [0.5, 0.6) is 5.75 Å². The van der Waals surface area contributed by atoms with E-state index in [2.05, 4.69) is 10.1 Å². The lowest BCUT2D eigenvalue weighted by Gasteiger charge is -2.24. The minimum atomic E-state index is -0.388. The second-order valence-electron chi connectivity index (χ2n) is 5.56. The zero-order valence-electron chi connectivity index (χ0n) is 12.4. The van der Waals surface area contributed by atoms with E-state index >= 15 is 0 Å². The third-order valence-corrected chi connectivity index (χ3v) is 4.11. The van der Waals surface area contributed by atoms with Gasteiger partial charge in [-0.15, -0.1) is 0 Å². The molecule has 1 aliphatic carbocycles. The van der Waals surface area contributed by atoms with Gasteiger partial charge in [-0.1, -0.05) is 5.16 Å². The highest BCUT2D eigenvalue weighted by atomic mass is 16.5. The molecule has 0 radical (unpaired) electrons. The zero-order chi connectivity index (χ0) is 14.9. The number of aryl methyl sites for hydroxylation is 1. The monoisotopic (exact) mass is 288 g/mol. The third kappa shape index (κ3) is 2.53. The predicted octanol–water partition coefficient (Wildman–Crippen LogP) is 3.56. The van der Waals surface area contributed by atoms with Crippen molar-refractivity contribution in [1.82, 2.24) is 10.1 Å². The molecular formula is C16H20N2O3. The van der Waals surface area contributed by atoms with E-state index in [1.807, 2.05) is 13.8 Å². The number of aromatic hydroxyl groups is 1. The molecule has 21 heavy (non-hydrogen) atoms. The fourth-order valence-electron chi connectivity index (χ4n) is 3.06. The van der Waals surface area contributed by atoms with E-state index in [0.717, 1.165) is 36.8 Å². The summed E-state index contributed by atoms with van der Waals surface area (Å²) in [5.41, 5.74) is 1.36. The molecule has 1 aromatic carbocycles. The largest absolute Gasteiger partial charge is 0.508 e. The Kier molecular flexibility index (Phi) is 3.68. The molecule has 0 saturated heterocycles. The molecule has 1 fully saturated rings. The topological polar surface area (TPSA) is 68.4 Å². The van der Waals surface area contributed by atoms with Crippen LogP contribution in [0.15, 0.2) is 22.7 Å². The van der Waals surface area contributed by atoms with Gasteiger partial charge < -0.3 is 14.4 Å². The number of phenolic OH excluding ortho intramolecular Hbond substituents is 1. The number of ether oxygens (including phenoxy) is 1. The molecule has 0 amide bonds. The lowest BCUT2D eigenvalue weighted by atomic mass is 10.0. The molecule has 2 aromatic rings. The molecule has 0 spiro atoms. The van der Waals surface area contributed by atoms with E-state index in [4.69, 9.17) is 9.26 Å². The fraction of sp³-hybridized carbons (Fsp3) is 0.500. The maximum absolute atomic E-state index is 9.49. The summed E-state index contributed by atoms with van der Waals surface area (Å²) in [6.07, 6.45) is 4.13. The van der Waals surface area contributed by atoms with Crippen molar-refractivity contribution in [2.45, 2.75) is 45.1 Å². The van der Waals surface area contributed by atoms with Crippen LogP contribution in [0.1, 0.15) is 44.0 Å². The van der Waals surface area contributed by atoms with Gasteiger partial charge in [-0.2, -0.15) is 4.98 Å². The van der Waals surface area contributed by atoms with Gasteiger partial charge >= 0.3 is 0 Å². The molecule has 1 aliphatic rings. The van der Waals surface area contributed by atoms with Gasteiger partial charge in [0.1, 0.15) is 11.4 Å². The normalized spacial score (nSPS) is 17.2. The molecule has 0 bridgehead atoms. The van der Waals surface area contributed by atoms with Gasteiger partial charge in [0.15, 0.2) is 0 Å². The Morgan fingerprint density at radius 2 is 2.10 bits per heavy atom. The summed E-state index contributed by atoms with van der Waals surface area (Å²) in [5.74, 6) is 1.36. The molecule has 0 aliphatic heterocycles. The van der Waals surface area contributed by atoms with Crippen LogP contribution in [0.4, 0.5) is 0 Å². The lowest BCUT2D eigenvalue weighted by molar-refractivity contribution is -0.0469. The van der Waals surface area contributed by atoms with Crippen molar-refractivity contribution in [3.8, 4) is 17.2 Å². The maximum atomic E-state index is 9.49. The van der Waals surface area contributed by atoms with Gasteiger partial charge in [-0.3, -0.25) is 0 Å². The molecule has 1 saturated carbocycles. The van der Waals surface area contributed by atoms with Crippen LogP contribution in [0.3, 0.4) is 0 Å². The van der Waals surface area contributed by atoms with E-state index in [1.54, 1.807) is 18.2 Å². The van der Waals surface area contributed by atoms with E-state index in [9.17, 15) is 5.11 Å². The molecule has 112 valence electrons. The summed E-state index contributed by atoms with van der Waals surface area (Å²) in [7, 11) is 0. The highest BCUT2D eigenvalue weighted by Crippen LogP contribution is 2.41. The highest BCUT2D eigenvalue weighted by Gasteiger charge is 2.41. The minimum Gasteiger partial charge on any atom is -0.508 e. The third-order valence-electron chi connectivity index (χ3n) is 4.11. The first-order chi connectivity index (χ1) is 10.1. The number of hydrogen-bond acceptors (Lipinski definition) is 5. The fourth-order valence-corrected chi connectivity index (χ4v) is 3.06. The van der Waals surface area contributed by atoms with Crippen LogP contribution in [0.2, 0.25) is 0 Å². The second kappa shape index (κ2) is 5.48. The van der Waals surface area contributed by atoms with Crippen molar-refractivity contribution in [3.05, 3.63) is 29.6 Å². The minimum absolute atomic E-state index is 0.234. The predicted molar refractivity (Wildman–Crippen MR) is 77.9 cm³/mol. The van der Waals surface area contributed by atoms with Crippen molar-refractivity contribution in [1.29, 1.82) is 0 Å². The Labute approximate surface area is 123 Å². The number of aromatic nitrogens is 2. The SMILES string of the molecule is CCOC1(c2noc(-c3ccc(O)cc3C)n2)CCCC1. The lowest BCUT2D eigenvalue weighted by Crippen LogP contribution is -2.27. The molecule has 1 aromatic heterocycles. The van der Waals surface area contributed by atoms with E-state index in [0.29, 0.717) is 18.3 Å². The summed E-state index contributed by atoms with van der Waals surface area (Å²) in [5, 5.41) is 13.6. The average molecular weight is 288 g/mol. The van der Waals surface area contributed by atoms with Crippen molar-refractivity contribution in [3.63, 3.8) is 0 Å². The molecule has 1 N–H and O–H groups in total. The van der Waals surface area contributed by atoms with Gasteiger partial charge in [-0.25, -0.2) is 0 Å². The van der Waals surface area contributed by atoms with Crippen LogP contribution in [0.25, 0.3) is 11.5 Å². The van der Waals surface area contributed by atoms with Crippen LogP contribution >= 0.6 is 0 Å². The van der Waals surface area contributed by atoms with Crippen LogP contribution in [0, 0.1) is 6.92 Å². The summed E-state index contributed by atoms with van der Waals surface area (Å²) >= 11 is 0. The number of phenols is 1. The van der Waals surface area contributed by atoms with Crippen molar-refractivity contribution >= 4 is 0 Å². The Morgan fingerprint density at radius 1 is 1.33 bits per heavy atom. The first-order valence-electron chi connectivity index (χ1n) is 7.43. The molecule has 0 unspecified atom stereocenters. The maximum Gasteiger partial charge on any atom is 0.258 e. The second-order valence-corrected chi connectivity index (χ2v) is 5.56. The van der Waals surface area contributed by atoms with Gasteiger partial charge in [0, 0.05) is 12.2 Å². The average Bonchev–Trinajstić information content (AvgIpc) is 3.08. The quantitative estimate of drug-likeness (QED) is 0.931. The summed E-state index contributed by atoms with van der Waals surface area (Å²) < 4.78 is 11.4. The van der Waals surface area contributed by atoms with Gasteiger partial charge in [0.05, 0.1) is 0 Å². The first-order valence-corrected chi connectivity index (χ1v) is 7.43. The number of benzene rings is 1. The molecular weight excluding hydrogens is 268 g/mol. The molecule has 0 atom stereocenters. The smallest absolute Gasteiger partial charge is 0.258 e. The van der Waals surface area contributed by atoms with E-state index < -0.39 is 0 Å². The number of hydrogen-bond donors (Lipinski definition) is 1. The van der Waals surface area contributed by atoms with Crippen molar-refractivity contribution in [2.24, 2.45) is 0 Å². The Morgan fingerprint density at radius 3 is 2.76 bits per heavy atom. The first kappa shape index (κ1) is 14.1. The van der Waals surface area contributed by atoms with Gasteiger partial charge in [-0.05, 0) is 63.3 Å². The zero-order valence-corrected chi connectivity index (χ0v) is 12.4. The van der Waals surface area contributed by atoms with Crippen LogP contribution in [-0.2, 0) is 10.3 Å². The van der Waals surface area contributed by atoms with Crippen molar-refractivity contribution < 1.29 is 14.4 Å². The van der Waals surface area contributed by atoms with Crippen LogP contribution in [-0.4, -0.2) is 21.9 Å². The number of rotatable bonds is 4. The molecule has 3 rings (SSSR count). The highest BCUT2D eigenvalue weighted by molar-refractivity contribution is 5.59. The Bertz CT molecular complexity index is 630. The molecule has 1 heterocycles. The summed E-state index contributed by atoms with van der Waals surface area (Å²) in [6, 6.07) is 5.11. The van der Waals surface area contributed by atoms with Crippen molar-refractivity contribution in [2.75, 3.05) is 6.61 Å². The number of nitrogens with zero attached hydrogens (tertiary/aromatic N) is 2. The standard InChI is InChI=1S/C16H20N2O3/c1-3-20-16(8-4-5-9-16)15-17-14(21-18-15)13-7-6-12(19)10-11(13)2/h6-7,10,19H,3-5,8-9H2,1-2H3. The Hall–Kier alpha value is -1.88.